The normalized spacial score (nSPS) is 43.8. The van der Waals surface area contributed by atoms with E-state index in [9.17, 15) is 9.90 Å². The van der Waals surface area contributed by atoms with Gasteiger partial charge in [-0.1, -0.05) is 0 Å². The van der Waals surface area contributed by atoms with Crippen molar-refractivity contribution >= 4 is 5.97 Å². The van der Waals surface area contributed by atoms with Gasteiger partial charge in [0.1, 0.15) is 0 Å². The first-order valence-corrected chi connectivity index (χ1v) is 4.60. The number of ether oxygens (including phenoxy) is 1. The van der Waals surface area contributed by atoms with Crippen molar-refractivity contribution < 1.29 is 14.6 Å². The number of esters is 1. The largest absolute Gasteiger partial charge is 0.466 e. The summed E-state index contributed by atoms with van der Waals surface area (Å²) in [5.74, 6) is 0.572. The summed E-state index contributed by atoms with van der Waals surface area (Å²) in [6.07, 6.45) is 1.62. The van der Waals surface area contributed by atoms with E-state index in [1.165, 1.54) is 0 Å². The van der Waals surface area contributed by atoms with Gasteiger partial charge in [0.15, 0.2) is 0 Å². The van der Waals surface area contributed by atoms with Crippen molar-refractivity contribution in [3.63, 3.8) is 0 Å². The maximum atomic E-state index is 11.2. The van der Waals surface area contributed by atoms with Crippen LogP contribution in [0.3, 0.4) is 0 Å². The zero-order chi connectivity index (χ0) is 8.72. The molecule has 0 saturated heterocycles. The van der Waals surface area contributed by atoms with Gasteiger partial charge in [0.05, 0.1) is 18.6 Å². The molecule has 3 heteroatoms. The van der Waals surface area contributed by atoms with Gasteiger partial charge in [-0.15, -0.1) is 0 Å². The third-order valence-electron chi connectivity index (χ3n) is 3.03. The van der Waals surface area contributed by atoms with Crippen molar-refractivity contribution in [2.24, 2.45) is 17.8 Å². The van der Waals surface area contributed by atoms with Crippen LogP contribution in [0.15, 0.2) is 0 Å². The summed E-state index contributed by atoms with van der Waals surface area (Å²) < 4.78 is 4.90. The summed E-state index contributed by atoms with van der Waals surface area (Å²) in [5, 5.41) is 9.42. The molecule has 0 aromatic heterocycles. The minimum atomic E-state index is -0.246. The molecule has 68 valence electrons. The summed E-state index contributed by atoms with van der Waals surface area (Å²) in [6.45, 7) is 2.26. The molecule has 0 spiro atoms. The Bertz CT molecular complexity index is 202. The number of aliphatic hydroxyl groups is 1. The average Bonchev–Trinajstić information content (AvgIpc) is 2.65. The van der Waals surface area contributed by atoms with Crippen LogP contribution in [0.5, 0.6) is 0 Å². The summed E-state index contributed by atoms with van der Waals surface area (Å²) in [7, 11) is 0. The molecule has 0 aliphatic heterocycles. The molecular formula is C9H14O3. The van der Waals surface area contributed by atoms with Crippen LogP contribution < -0.4 is 0 Å². The highest BCUT2D eigenvalue weighted by molar-refractivity contribution is 5.77. The van der Waals surface area contributed by atoms with Crippen LogP contribution in [-0.2, 0) is 9.53 Å². The van der Waals surface area contributed by atoms with E-state index in [-0.39, 0.29) is 23.9 Å². The quantitative estimate of drug-likeness (QED) is 0.616. The second-order valence-corrected chi connectivity index (χ2v) is 3.66. The van der Waals surface area contributed by atoms with Gasteiger partial charge in [0.25, 0.3) is 0 Å². The molecule has 4 atom stereocenters. The Morgan fingerprint density at radius 2 is 2.33 bits per heavy atom. The van der Waals surface area contributed by atoms with E-state index in [0.717, 1.165) is 12.8 Å². The van der Waals surface area contributed by atoms with Crippen molar-refractivity contribution in [2.75, 3.05) is 6.61 Å². The molecule has 2 aliphatic carbocycles. The summed E-state index contributed by atoms with van der Waals surface area (Å²) in [6, 6.07) is 0. The van der Waals surface area contributed by atoms with Crippen molar-refractivity contribution in [2.45, 2.75) is 25.9 Å². The van der Waals surface area contributed by atoms with Crippen LogP contribution in [0.2, 0.25) is 0 Å². The number of carbonyl (C=O) groups is 1. The Kier molecular flexibility index (Phi) is 1.83. The number of rotatable bonds is 2. The zero-order valence-electron chi connectivity index (χ0n) is 7.19. The fourth-order valence-corrected chi connectivity index (χ4v) is 2.42. The van der Waals surface area contributed by atoms with Crippen LogP contribution in [0.4, 0.5) is 0 Å². The predicted octanol–water partition coefficient (Wildman–Crippen LogP) is 0.566. The highest BCUT2D eigenvalue weighted by Crippen LogP contribution is 2.57. The van der Waals surface area contributed by atoms with Crippen LogP contribution in [0.25, 0.3) is 0 Å². The summed E-state index contributed by atoms with van der Waals surface area (Å²) in [4.78, 5) is 11.2. The van der Waals surface area contributed by atoms with Gasteiger partial charge in [-0.2, -0.15) is 0 Å². The fourth-order valence-electron chi connectivity index (χ4n) is 2.42. The van der Waals surface area contributed by atoms with Crippen molar-refractivity contribution in [3.05, 3.63) is 0 Å². The molecule has 0 aromatic carbocycles. The van der Waals surface area contributed by atoms with Crippen molar-refractivity contribution in [1.82, 2.24) is 0 Å². The number of hydrogen-bond donors (Lipinski definition) is 1. The molecule has 2 aliphatic rings. The average molecular weight is 170 g/mol. The third-order valence-corrected chi connectivity index (χ3v) is 3.03. The molecule has 0 bridgehead atoms. The minimum Gasteiger partial charge on any atom is -0.466 e. The summed E-state index contributed by atoms with van der Waals surface area (Å²) >= 11 is 0. The van der Waals surface area contributed by atoms with Gasteiger partial charge in [-0.05, 0) is 25.7 Å². The van der Waals surface area contributed by atoms with E-state index in [4.69, 9.17) is 4.74 Å². The lowest BCUT2D eigenvalue weighted by Crippen LogP contribution is -2.15. The Hall–Kier alpha value is -0.570. The van der Waals surface area contributed by atoms with Crippen LogP contribution in [-0.4, -0.2) is 23.8 Å². The number of aliphatic hydroxyl groups excluding tert-OH is 1. The molecule has 1 unspecified atom stereocenters. The molecule has 1 N–H and O–H groups in total. The zero-order valence-corrected chi connectivity index (χ0v) is 7.19. The lowest BCUT2D eigenvalue weighted by atomic mass is 10.1. The highest BCUT2D eigenvalue weighted by Gasteiger charge is 2.61. The van der Waals surface area contributed by atoms with Gasteiger partial charge in [0, 0.05) is 5.92 Å². The summed E-state index contributed by atoms with van der Waals surface area (Å²) in [5.41, 5.74) is 0. The van der Waals surface area contributed by atoms with E-state index < -0.39 is 0 Å². The molecule has 2 fully saturated rings. The number of hydrogen-bond acceptors (Lipinski definition) is 3. The predicted molar refractivity (Wildman–Crippen MR) is 42.3 cm³/mol. The topological polar surface area (TPSA) is 46.5 Å². The molecule has 0 radical (unpaired) electrons. The maximum absolute atomic E-state index is 11.2. The number of carbonyl (C=O) groups excluding carboxylic acids is 1. The van der Waals surface area contributed by atoms with Gasteiger partial charge < -0.3 is 9.84 Å². The Balaban J connectivity index is 1.90. The van der Waals surface area contributed by atoms with Gasteiger partial charge in [-0.3, -0.25) is 4.79 Å². The first-order chi connectivity index (χ1) is 5.75. The molecule has 0 aromatic rings. The Morgan fingerprint density at radius 1 is 1.58 bits per heavy atom. The molecule has 0 amide bonds. The molecule has 12 heavy (non-hydrogen) atoms. The third kappa shape index (κ3) is 1.04. The van der Waals surface area contributed by atoms with E-state index in [1.54, 1.807) is 0 Å². The van der Waals surface area contributed by atoms with Crippen molar-refractivity contribution in [3.8, 4) is 0 Å². The van der Waals surface area contributed by atoms with Gasteiger partial charge >= 0.3 is 5.97 Å². The smallest absolute Gasteiger partial charge is 0.309 e. The first kappa shape index (κ1) is 8.05. The molecular weight excluding hydrogens is 156 g/mol. The Morgan fingerprint density at radius 3 is 2.83 bits per heavy atom. The number of fused-ring (bicyclic) bond motifs is 1. The van der Waals surface area contributed by atoms with E-state index in [2.05, 4.69) is 0 Å². The second kappa shape index (κ2) is 2.73. The molecule has 2 rings (SSSR count). The van der Waals surface area contributed by atoms with E-state index >= 15 is 0 Å². The molecule has 2 saturated carbocycles. The Labute approximate surface area is 71.7 Å². The van der Waals surface area contributed by atoms with Crippen LogP contribution >= 0.6 is 0 Å². The van der Waals surface area contributed by atoms with Crippen LogP contribution in [0, 0.1) is 17.8 Å². The molecule has 0 heterocycles. The molecule has 3 nitrogen and oxygen atoms in total. The van der Waals surface area contributed by atoms with Crippen molar-refractivity contribution in [1.29, 1.82) is 0 Å². The van der Waals surface area contributed by atoms with Gasteiger partial charge in [0.2, 0.25) is 0 Å². The fraction of sp³-hybridized carbons (Fsp3) is 0.889. The van der Waals surface area contributed by atoms with Crippen LogP contribution in [0.1, 0.15) is 19.8 Å². The lowest BCUT2D eigenvalue weighted by Gasteiger charge is -2.06. The minimum absolute atomic E-state index is 0.0219. The first-order valence-electron chi connectivity index (χ1n) is 4.60. The standard InChI is InChI=1S/C9H14O3/c1-2-12-9(11)8-5-3-4-6(10)7(5)8/h5-8,10H,2-4H2,1H3/t5-,6?,7-,8+/m1/s1. The van der Waals surface area contributed by atoms with E-state index in [0.29, 0.717) is 12.5 Å². The highest BCUT2D eigenvalue weighted by atomic mass is 16.5. The van der Waals surface area contributed by atoms with E-state index in [1.807, 2.05) is 6.92 Å². The monoisotopic (exact) mass is 170 g/mol. The van der Waals surface area contributed by atoms with Gasteiger partial charge in [-0.25, -0.2) is 0 Å². The second-order valence-electron chi connectivity index (χ2n) is 3.66. The SMILES string of the molecule is CCOC(=O)[C@H]1[C@@H]2CCC(O)[C@@H]21. The maximum Gasteiger partial charge on any atom is 0.309 e. The lowest BCUT2D eigenvalue weighted by molar-refractivity contribution is -0.146.